The highest BCUT2D eigenvalue weighted by Crippen LogP contribution is 2.30. The number of hydrogen-bond acceptors (Lipinski definition) is 4. The van der Waals surface area contributed by atoms with E-state index < -0.39 is 12.1 Å². The number of Topliss-reactive ketones (excluding diaryl/α,β-unsaturated/α-hetero) is 1. The van der Waals surface area contributed by atoms with Gasteiger partial charge in [-0.1, -0.05) is 25.1 Å². The van der Waals surface area contributed by atoms with Crippen LogP contribution in [-0.2, 0) is 4.79 Å². The van der Waals surface area contributed by atoms with Crippen LogP contribution in [0.15, 0.2) is 30.3 Å². The maximum Gasteiger partial charge on any atom is 0.144 e. The summed E-state index contributed by atoms with van der Waals surface area (Å²) in [6, 6.07) is 9.67. The molecule has 0 fully saturated rings. The molecule has 124 valence electrons. The molecule has 5 nitrogen and oxygen atoms in total. The summed E-state index contributed by atoms with van der Waals surface area (Å²) >= 11 is 0. The minimum absolute atomic E-state index is 0.0713. The molecule has 2 unspecified atom stereocenters. The number of fused-ring (bicyclic) bond motifs is 1. The number of nitrogens with one attached hydrogen (secondary N) is 1. The van der Waals surface area contributed by atoms with Crippen LogP contribution in [0.5, 0.6) is 0 Å². The lowest BCUT2D eigenvalue weighted by atomic mass is 9.93. The largest absolute Gasteiger partial charge is 0.372 e. The molecule has 0 amide bonds. The fourth-order valence-corrected chi connectivity index (χ4v) is 3.00. The molecular formula is C18H25N3O2. The summed E-state index contributed by atoms with van der Waals surface area (Å²) in [4.78, 5) is 14.1. The predicted octanol–water partition coefficient (Wildman–Crippen LogP) is 2.80. The molecule has 2 N–H and O–H groups in total. The van der Waals surface area contributed by atoms with Crippen LogP contribution in [0.2, 0.25) is 0 Å². The molecule has 0 aliphatic heterocycles. The van der Waals surface area contributed by atoms with Crippen molar-refractivity contribution in [2.75, 3.05) is 20.6 Å². The van der Waals surface area contributed by atoms with E-state index in [1.807, 2.05) is 56.3 Å². The molecule has 5 heteroatoms. The molecule has 1 heterocycles. The van der Waals surface area contributed by atoms with Crippen molar-refractivity contribution in [2.45, 2.75) is 32.4 Å². The van der Waals surface area contributed by atoms with Gasteiger partial charge < -0.3 is 20.0 Å². The van der Waals surface area contributed by atoms with Gasteiger partial charge in [0.25, 0.3) is 0 Å². The van der Waals surface area contributed by atoms with Gasteiger partial charge in [0.2, 0.25) is 0 Å². The van der Waals surface area contributed by atoms with Crippen molar-refractivity contribution in [1.29, 1.82) is 5.41 Å². The summed E-state index contributed by atoms with van der Waals surface area (Å²) in [7, 11) is 3.79. The Hall–Kier alpha value is -1.98. The maximum atomic E-state index is 12.2. The van der Waals surface area contributed by atoms with Gasteiger partial charge in [-0.25, -0.2) is 0 Å². The maximum absolute atomic E-state index is 12.2. The van der Waals surface area contributed by atoms with Crippen LogP contribution in [0.3, 0.4) is 0 Å². The van der Waals surface area contributed by atoms with Crippen LogP contribution in [0.25, 0.3) is 10.9 Å². The average molecular weight is 315 g/mol. The Morgan fingerprint density at radius 1 is 1.35 bits per heavy atom. The fourth-order valence-electron chi connectivity index (χ4n) is 3.00. The number of likely N-dealkylation sites (N-methyl/N-ethyl adjacent to an activating group) is 1. The van der Waals surface area contributed by atoms with Crippen molar-refractivity contribution in [3.05, 3.63) is 36.0 Å². The number of hydrogen-bond donors (Lipinski definition) is 2. The van der Waals surface area contributed by atoms with E-state index in [0.717, 1.165) is 10.9 Å². The first-order chi connectivity index (χ1) is 10.9. The number of carbonyl (C=O) groups excluding carboxylic acids is 1. The topological polar surface area (TPSA) is 69.3 Å². The first kappa shape index (κ1) is 17.4. The van der Waals surface area contributed by atoms with Gasteiger partial charge in [0.05, 0.1) is 11.4 Å². The zero-order valence-corrected chi connectivity index (χ0v) is 14.2. The van der Waals surface area contributed by atoms with Gasteiger partial charge in [-0.2, -0.15) is 0 Å². The predicted molar refractivity (Wildman–Crippen MR) is 93.2 cm³/mol. The second-order valence-corrected chi connectivity index (χ2v) is 6.16. The molecule has 2 rings (SSSR count). The molecule has 0 saturated heterocycles. The standard InChI is InChI=1S/C18H25N3O2/c1-5-14(19)18(12(2)22)16-10-13-8-6-7-9-15(13)21(16)17(23)11-20(3)4/h6-10,17-19,23H,5,11H2,1-4H3. The molecule has 2 aromatic rings. The third-order valence-corrected chi connectivity index (χ3v) is 4.04. The average Bonchev–Trinajstić information content (AvgIpc) is 2.84. The summed E-state index contributed by atoms with van der Waals surface area (Å²) in [6.45, 7) is 3.83. The Bertz CT molecular complexity index is 718. The van der Waals surface area contributed by atoms with E-state index in [4.69, 9.17) is 5.41 Å². The summed E-state index contributed by atoms with van der Waals surface area (Å²) in [6.07, 6.45) is -0.262. The van der Waals surface area contributed by atoms with Crippen LogP contribution >= 0.6 is 0 Å². The van der Waals surface area contributed by atoms with E-state index in [-0.39, 0.29) is 5.78 Å². The minimum atomic E-state index is -0.772. The van der Waals surface area contributed by atoms with Gasteiger partial charge >= 0.3 is 0 Å². The van der Waals surface area contributed by atoms with Gasteiger partial charge in [-0.15, -0.1) is 0 Å². The Morgan fingerprint density at radius 2 is 2.00 bits per heavy atom. The third kappa shape index (κ3) is 3.51. The molecule has 1 aromatic carbocycles. The Kier molecular flexibility index (Phi) is 5.34. The van der Waals surface area contributed by atoms with E-state index in [9.17, 15) is 9.90 Å². The number of aliphatic hydroxyl groups excluding tert-OH is 1. The molecule has 0 spiro atoms. The molecule has 0 radical (unpaired) electrons. The first-order valence-electron chi connectivity index (χ1n) is 7.87. The molecule has 0 aliphatic carbocycles. The highest BCUT2D eigenvalue weighted by Gasteiger charge is 2.27. The van der Waals surface area contributed by atoms with Crippen molar-refractivity contribution in [3.63, 3.8) is 0 Å². The van der Waals surface area contributed by atoms with Crippen molar-refractivity contribution in [2.24, 2.45) is 0 Å². The number of aromatic nitrogens is 1. The molecule has 1 aromatic heterocycles. The van der Waals surface area contributed by atoms with Crippen molar-refractivity contribution >= 4 is 22.4 Å². The number of benzene rings is 1. The van der Waals surface area contributed by atoms with Crippen LogP contribution in [0.4, 0.5) is 0 Å². The van der Waals surface area contributed by atoms with E-state index >= 15 is 0 Å². The first-order valence-corrected chi connectivity index (χ1v) is 7.87. The zero-order chi connectivity index (χ0) is 17.1. The number of aliphatic hydroxyl groups is 1. The Balaban J connectivity index is 2.66. The smallest absolute Gasteiger partial charge is 0.144 e. The van der Waals surface area contributed by atoms with Crippen LogP contribution in [0.1, 0.15) is 38.1 Å². The zero-order valence-electron chi connectivity index (χ0n) is 14.2. The van der Waals surface area contributed by atoms with Gasteiger partial charge in [0.1, 0.15) is 12.0 Å². The minimum Gasteiger partial charge on any atom is -0.372 e. The van der Waals surface area contributed by atoms with Crippen LogP contribution in [-0.4, -0.2) is 46.7 Å². The highest BCUT2D eigenvalue weighted by molar-refractivity contribution is 6.08. The molecule has 0 bridgehead atoms. The van der Waals surface area contributed by atoms with Gasteiger partial charge in [0, 0.05) is 18.0 Å². The quantitative estimate of drug-likeness (QED) is 0.772. The normalized spacial score (nSPS) is 14.2. The van der Waals surface area contributed by atoms with Crippen LogP contribution in [0, 0.1) is 5.41 Å². The van der Waals surface area contributed by atoms with E-state index in [1.165, 1.54) is 6.92 Å². The summed E-state index contributed by atoms with van der Waals surface area (Å²) in [5.74, 6) is -0.679. The number of carbonyl (C=O) groups is 1. The summed E-state index contributed by atoms with van der Waals surface area (Å²) in [5, 5.41) is 19.8. The molecule has 0 aliphatic rings. The Labute approximate surface area is 137 Å². The number of ketones is 1. The van der Waals surface area contributed by atoms with Gasteiger partial charge in [-0.3, -0.25) is 4.79 Å². The van der Waals surface area contributed by atoms with Crippen molar-refractivity contribution < 1.29 is 9.90 Å². The van der Waals surface area contributed by atoms with E-state index in [2.05, 4.69) is 0 Å². The van der Waals surface area contributed by atoms with Gasteiger partial charge in [0.15, 0.2) is 0 Å². The molecule has 23 heavy (non-hydrogen) atoms. The number of para-hydroxylation sites is 1. The monoisotopic (exact) mass is 315 g/mol. The highest BCUT2D eigenvalue weighted by atomic mass is 16.3. The SMILES string of the molecule is CCC(=N)C(C(C)=O)c1cc2ccccc2n1C(O)CN(C)C. The molecule has 0 saturated carbocycles. The van der Waals surface area contributed by atoms with Crippen molar-refractivity contribution in [3.8, 4) is 0 Å². The van der Waals surface area contributed by atoms with E-state index in [0.29, 0.717) is 24.4 Å². The second-order valence-electron chi connectivity index (χ2n) is 6.16. The lowest BCUT2D eigenvalue weighted by Gasteiger charge is -2.24. The molecule has 2 atom stereocenters. The Morgan fingerprint density at radius 3 is 2.57 bits per heavy atom. The second kappa shape index (κ2) is 7.06. The number of rotatable bonds is 7. The van der Waals surface area contributed by atoms with Crippen LogP contribution < -0.4 is 0 Å². The van der Waals surface area contributed by atoms with E-state index in [1.54, 1.807) is 4.57 Å². The van der Waals surface area contributed by atoms with Crippen molar-refractivity contribution in [1.82, 2.24) is 9.47 Å². The summed E-state index contributed by atoms with van der Waals surface area (Å²) < 4.78 is 1.80. The molecular weight excluding hydrogens is 290 g/mol. The van der Waals surface area contributed by atoms with Gasteiger partial charge in [-0.05, 0) is 45.0 Å². The fraction of sp³-hybridized carbons (Fsp3) is 0.444. The number of nitrogens with zero attached hydrogens (tertiary/aromatic N) is 2. The third-order valence-electron chi connectivity index (χ3n) is 4.04. The summed E-state index contributed by atoms with van der Waals surface area (Å²) in [5.41, 5.74) is 1.95. The lowest BCUT2D eigenvalue weighted by Crippen LogP contribution is -2.28. The lowest BCUT2D eigenvalue weighted by molar-refractivity contribution is -0.117.